The molecule has 1 amide bonds. The number of aromatic nitrogens is 3. The zero-order valence-corrected chi connectivity index (χ0v) is 14.4. The van der Waals surface area contributed by atoms with E-state index in [1.807, 2.05) is 47.4 Å². The number of hydrogen-bond acceptors (Lipinski definition) is 4. The third-order valence-electron chi connectivity index (χ3n) is 5.06. The zero-order chi connectivity index (χ0) is 17.9. The first kappa shape index (κ1) is 16.5. The number of rotatable bonds is 4. The average Bonchev–Trinajstić information content (AvgIpc) is 3.38. The fourth-order valence-corrected chi connectivity index (χ4v) is 3.63. The first-order valence-corrected chi connectivity index (χ1v) is 8.75. The van der Waals surface area contributed by atoms with Gasteiger partial charge in [0.25, 0.3) is 5.91 Å². The number of carbonyl (C=O) groups excluding carboxylic acids is 1. The number of likely N-dealkylation sites (tertiary alicyclic amines) is 1. The topological polar surface area (TPSA) is 77.0 Å². The summed E-state index contributed by atoms with van der Waals surface area (Å²) in [7, 11) is 0. The second-order valence-corrected chi connectivity index (χ2v) is 6.61. The van der Waals surface area contributed by atoms with E-state index in [1.165, 1.54) is 11.9 Å². The largest absolute Gasteiger partial charge is 0.338 e. The van der Waals surface area contributed by atoms with E-state index in [-0.39, 0.29) is 11.8 Å². The van der Waals surface area contributed by atoms with Crippen LogP contribution in [0.5, 0.6) is 0 Å². The van der Waals surface area contributed by atoms with Crippen LogP contribution >= 0.6 is 0 Å². The Balaban J connectivity index is 1.51. The van der Waals surface area contributed by atoms with Crippen LogP contribution in [0.25, 0.3) is 5.69 Å². The molecule has 0 bridgehead atoms. The predicted molar refractivity (Wildman–Crippen MR) is 99.0 cm³/mol. The van der Waals surface area contributed by atoms with Crippen molar-refractivity contribution in [3.63, 3.8) is 0 Å². The quantitative estimate of drug-likeness (QED) is 0.784. The molecular weight excluding hydrogens is 326 g/mol. The molecule has 132 valence electrons. The van der Waals surface area contributed by atoms with Gasteiger partial charge in [0.1, 0.15) is 12.7 Å². The first-order valence-electron chi connectivity index (χ1n) is 8.75. The zero-order valence-electron chi connectivity index (χ0n) is 14.4. The molecule has 0 saturated carbocycles. The summed E-state index contributed by atoms with van der Waals surface area (Å²) in [5.74, 6) is 0.627. The third-order valence-corrected chi connectivity index (χ3v) is 5.06. The highest BCUT2D eigenvalue weighted by Gasteiger charge is 2.35. The fourth-order valence-electron chi connectivity index (χ4n) is 3.63. The molecule has 6 nitrogen and oxygen atoms in total. The molecule has 6 heteroatoms. The van der Waals surface area contributed by atoms with Crippen molar-refractivity contribution in [3.8, 4) is 5.69 Å². The van der Waals surface area contributed by atoms with E-state index in [1.54, 1.807) is 11.0 Å². The van der Waals surface area contributed by atoms with Crippen LogP contribution in [0, 0.1) is 5.92 Å². The number of benzene rings is 2. The van der Waals surface area contributed by atoms with Gasteiger partial charge in [0.05, 0.1) is 5.69 Å². The Morgan fingerprint density at radius 3 is 2.50 bits per heavy atom. The molecule has 0 radical (unpaired) electrons. The van der Waals surface area contributed by atoms with Crippen LogP contribution in [0.2, 0.25) is 0 Å². The predicted octanol–water partition coefficient (Wildman–Crippen LogP) is 2.08. The van der Waals surface area contributed by atoms with Crippen molar-refractivity contribution in [2.24, 2.45) is 11.7 Å². The van der Waals surface area contributed by atoms with Gasteiger partial charge in [0.15, 0.2) is 0 Å². The van der Waals surface area contributed by atoms with Crippen LogP contribution < -0.4 is 5.73 Å². The van der Waals surface area contributed by atoms with Crippen molar-refractivity contribution < 1.29 is 4.79 Å². The smallest absolute Gasteiger partial charge is 0.253 e. The minimum atomic E-state index is 0.0482. The van der Waals surface area contributed by atoms with Crippen molar-refractivity contribution in [1.29, 1.82) is 0 Å². The summed E-state index contributed by atoms with van der Waals surface area (Å²) in [6.45, 7) is 1.98. The Labute approximate surface area is 152 Å². The van der Waals surface area contributed by atoms with Crippen molar-refractivity contribution in [1.82, 2.24) is 19.7 Å². The number of nitrogens with zero attached hydrogens (tertiary/aromatic N) is 4. The van der Waals surface area contributed by atoms with Gasteiger partial charge >= 0.3 is 0 Å². The van der Waals surface area contributed by atoms with Gasteiger partial charge in [-0.3, -0.25) is 4.79 Å². The Kier molecular flexibility index (Phi) is 4.50. The fraction of sp³-hybridized carbons (Fsp3) is 0.250. The Bertz CT molecular complexity index is 861. The second kappa shape index (κ2) is 7.09. The summed E-state index contributed by atoms with van der Waals surface area (Å²) in [6.07, 6.45) is 3.12. The number of nitrogens with two attached hydrogens (primary N) is 1. The molecule has 0 aliphatic carbocycles. The summed E-state index contributed by atoms with van der Waals surface area (Å²) in [4.78, 5) is 18.8. The van der Waals surface area contributed by atoms with Crippen molar-refractivity contribution in [2.45, 2.75) is 5.92 Å². The molecule has 2 heterocycles. The maximum Gasteiger partial charge on any atom is 0.253 e. The molecule has 0 spiro atoms. The molecular formula is C20H21N5O. The average molecular weight is 347 g/mol. The first-order chi connectivity index (χ1) is 12.8. The van der Waals surface area contributed by atoms with E-state index >= 15 is 0 Å². The highest BCUT2D eigenvalue weighted by molar-refractivity contribution is 5.94. The highest BCUT2D eigenvalue weighted by Crippen LogP contribution is 2.32. The lowest BCUT2D eigenvalue weighted by Gasteiger charge is -2.17. The van der Waals surface area contributed by atoms with E-state index in [0.717, 1.165) is 5.69 Å². The Hall–Kier alpha value is -2.99. The van der Waals surface area contributed by atoms with E-state index in [4.69, 9.17) is 5.73 Å². The lowest BCUT2D eigenvalue weighted by Crippen LogP contribution is -2.29. The van der Waals surface area contributed by atoms with Gasteiger partial charge < -0.3 is 10.6 Å². The number of amides is 1. The molecule has 2 atom stereocenters. The summed E-state index contributed by atoms with van der Waals surface area (Å²) < 4.78 is 1.67. The van der Waals surface area contributed by atoms with E-state index < -0.39 is 0 Å². The normalized spacial score (nSPS) is 19.7. The van der Waals surface area contributed by atoms with Crippen molar-refractivity contribution >= 4 is 5.91 Å². The molecule has 1 saturated heterocycles. The molecule has 4 rings (SSSR count). The summed E-state index contributed by atoms with van der Waals surface area (Å²) in [6, 6.07) is 17.8. The minimum absolute atomic E-state index is 0.0482. The molecule has 26 heavy (non-hydrogen) atoms. The SMILES string of the molecule is NC[C@@H]1CN(C(=O)c2ccc(-n3cncn3)cc2)C[C@H]1c1ccccc1. The van der Waals surface area contributed by atoms with Gasteiger partial charge in [-0.05, 0) is 42.3 Å². The minimum Gasteiger partial charge on any atom is -0.338 e. The molecule has 1 aliphatic heterocycles. The second-order valence-electron chi connectivity index (χ2n) is 6.61. The van der Waals surface area contributed by atoms with Crippen molar-refractivity contribution in [2.75, 3.05) is 19.6 Å². The van der Waals surface area contributed by atoms with Crippen LogP contribution in [0.15, 0.2) is 67.3 Å². The van der Waals surface area contributed by atoms with E-state index in [9.17, 15) is 4.79 Å². The van der Waals surface area contributed by atoms with Gasteiger partial charge in [0.2, 0.25) is 0 Å². The highest BCUT2D eigenvalue weighted by atomic mass is 16.2. The third kappa shape index (κ3) is 3.11. The monoisotopic (exact) mass is 347 g/mol. The molecule has 2 N–H and O–H groups in total. The molecule has 0 unspecified atom stereocenters. The summed E-state index contributed by atoms with van der Waals surface area (Å²) in [5.41, 5.74) is 8.79. The van der Waals surface area contributed by atoms with Gasteiger partial charge in [0, 0.05) is 24.6 Å². The van der Waals surface area contributed by atoms with Gasteiger partial charge in [-0.25, -0.2) is 9.67 Å². The summed E-state index contributed by atoms with van der Waals surface area (Å²) >= 11 is 0. The maximum atomic E-state index is 12.9. The Morgan fingerprint density at radius 2 is 1.85 bits per heavy atom. The standard InChI is InChI=1S/C20H21N5O/c21-10-17-11-24(12-19(17)15-4-2-1-3-5-15)20(26)16-6-8-18(9-7-16)25-14-22-13-23-25/h1-9,13-14,17,19H,10-12,21H2/t17-,19+/m1/s1. The summed E-state index contributed by atoms with van der Waals surface area (Å²) in [5, 5.41) is 4.10. The van der Waals surface area contributed by atoms with E-state index in [0.29, 0.717) is 31.1 Å². The van der Waals surface area contributed by atoms with Crippen LogP contribution in [0.1, 0.15) is 21.8 Å². The van der Waals surface area contributed by atoms with Crippen molar-refractivity contribution in [3.05, 3.63) is 78.4 Å². The Morgan fingerprint density at radius 1 is 1.08 bits per heavy atom. The van der Waals surface area contributed by atoms with Crippen LogP contribution in [-0.2, 0) is 0 Å². The lowest BCUT2D eigenvalue weighted by molar-refractivity contribution is 0.0786. The molecule has 1 fully saturated rings. The van der Waals surface area contributed by atoms with Crippen LogP contribution in [-0.4, -0.2) is 45.2 Å². The maximum absolute atomic E-state index is 12.9. The number of hydrogen-bond donors (Lipinski definition) is 1. The van der Waals surface area contributed by atoms with Crippen LogP contribution in [0.4, 0.5) is 0 Å². The van der Waals surface area contributed by atoms with E-state index in [2.05, 4.69) is 22.2 Å². The van der Waals surface area contributed by atoms with Gasteiger partial charge in [-0.1, -0.05) is 30.3 Å². The van der Waals surface area contributed by atoms with Gasteiger partial charge in [-0.2, -0.15) is 5.10 Å². The van der Waals surface area contributed by atoms with Gasteiger partial charge in [-0.15, -0.1) is 0 Å². The lowest BCUT2D eigenvalue weighted by atomic mass is 9.89. The molecule has 2 aromatic carbocycles. The molecule has 1 aromatic heterocycles. The van der Waals surface area contributed by atoms with Crippen LogP contribution in [0.3, 0.4) is 0 Å². The molecule has 1 aliphatic rings. The number of carbonyl (C=O) groups is 1. The molecule has 3 aromatic rings.